The number of halogens is 1. The maximum atomic E-state index is 12.7. The topological polar surface area (TPSA) is 115 Å². The Labute approximate surface area is 232 Å². The van der Waals surface area contributed by atoms with Crippen LogP contribution in [0.25, 0.3) is 0 Å². The van der Waals surface area contributed by atoms with Gasteiger partial charge in [-0.05, 0) is 42.8 Å². The van der Waals surface area contributed by atoms with Crippen molar-refractivity contribution in [2.75, 3.05) is 20.8 Å². The van der Waals surface area contributed by atoms with Crippen LogP contribution in [0.1, 0.15) is 74.2 Å². The molecule has 0 aliphatic heterocycles. The number of hydrogen-bond acceptors (Lipinski definition) is 7. The predicted octanol–water partition coefficient (Wildman–Crippen LogP) is 5.39. The number of hydrazone groups is 1. The first-order valence-corrected chi connectivity index (χ1v) is 13.5. The molecule has 0 aliphatic carbocycles. The number of amides is 2. The summed E-state index contributed by atoms with van der Waals surface area (Å²) in [6, 6.07) is 9.72. The molecule has 10 heteroatoms. The summed E-state index contributed by atoms with van der Waals surface area (Å²) in [5.41, 5.74) is 3.10. The van der Waals surface area contributed by atoms with E-state index in [1.807, 2.05) is 0 Å². The van der Waals surface area contributed by atoms with Gasteiger partial charge < -0.3 is 19.5 Å². The summed E-state index contributed by atoms with van der Waals surface area (Å²) < 4.78 is 16.7. The Bertz CT molecular complexity index is 1110. The zero-order chi connectivity index (χ0) is 27.8. The number of methoxy groups -OCH3 is 2. The summed E-state index contributed by atoms with van der Waals surface area (Å²) in [5.74, 6) is -0.0892. The normalized spacial score (nSPS) is 10.7. The van der Waals surface area contributed by atoms with Gasteiger partial charge in [-0.3, -0.25) is 9.59 Å². The minimum atomic E-state index is -0.601. The fourth-order valence-electron chi connectivity index (χ4n) is 3.56. The fourth-order valence-corrected chi connectivity index (χ4v) is 3.94. The Morgan fingerprint density at radius 1 is 0.868 bits per heavy atom. The maximum Gasteiger partial charge on any atom is 0.343 e. The Morgan fingerprint density at radius 2 is 1.55 bits per heavy atom. The van der Waals surface area contributed by atoms with E-state index in [-0.39, 0.29) is 23.8 Å². The van der Waals surface area contributed by atoms with Gasteiger partial charge in [0.1, 0.15) is 5.75 Å². The van der Waals surface area contributed by atoms with Gasteiger partial charge in [0.25, 0.3) is 5.91 Å². The quantitative estimate of drug-likeness (QED) is 0.0891. The van der Waals surface area contributed by atoms with Crippen LogP contribution >= 0.6 is 15.9 Å². The molecule has 38 heavy (non-hydrogen) atoms. The minimum Gasteiger partial charge on any atom is -0.493 e. The van der Waals surface area contributed by atoms with Crippen LogP contribution in [0.15, 0.2) is 46.0 Å². The third-order valence-electron chi connectivity index (χ3n) is 5.64. The number of nitrogens with zero attached hydrogens (tertiary/aromatic N) is 1. The molecule has 0 radical (unpaired) electrons. The van der Waals surface area contributed by atoms with Crippen LogP contribution in [0.3, 0.4) is 0 Å². The Balaban J connectivity index is 1.85. The molecule has 0 saturated heterocycles. The smallest absolute Gasteiger partial charge is 0.343 e. The van der Waals surface area contributed by atoms with Crippen molar-refractivity contribution in [3.63, 3.8) is 0 Å². The molecule has 0 unspecified atom stereocenters. The molecule has 2 amide bonds. The molecular formula is C28H36BrN3O6. The lowest BCUT2D eigenvalue weighted by molar-refractivity contribution is -0.126. The van der Waals surface area contributed by atoms with Gasteiger partial charge in [-0.15, -0.1) is 0 Å². The molecule has 206 valence electrons. The zero-order valence-corrected chi connectivity index (χ0v) is 23.8. The minimum absolute atomic E-state index is 0.158. The third-order valence-corrected chi connectivity index (χ3v) is 6.13. The molecule has 0 heterocycles. The Kier molecular flexibility index (Phi) is 13.9. The van der Waals surface area contributed by atoms with Crippen molar-refractivity contribution in [3.8, 4) is 17.2 Å². The van der Waals surface area contributed by atoms with Gasteiger partial charge in [0.15, 0.2) is 11.5 Å². The van der Waals surface area contributed by atoms with Gasteiger partial charge in [0.2, 0.25) is 5.91 Å². The van der Waals surface area contributed by atoms with Crippen LogP contribution in [0.2, 0.25) is 0 Å². The highest BCUT2D eigenvalue weighted by Crippen LogP contribution is 2.29. The number of esters is 1. The number of carbonyl (C=O) groups is 3. The van der Waals surface area contributed by atoms with Crippen molar-refractivity contribution in [1.29, 1.82) is 0 Å². The number of rotatable bonds is 16. The van der Waals surface area contributed by atoms with Gasteiger partial charge in [-0.25, -0.2) is 10.2 Å². The lowest BCUT2D eigenvalue weighted by Gasteiger charge is -2.11. The second kappa shape index (κ2) is 17.2. The molecule has 0 aromatic heterocycles. The Hall–Kier alpha value is -3.40. The van der Waals surface area contributed by atoms with Gasteiger partial charge in [0, 0.05) is 16.5 Å². The van der Waals surface area contributed by atoms with Crippen LogP contribution in [-0.4, -0.2) is 44.8 Å². The van der Waals surface area contributed by atoms with E-state index in [0.29, 0.717) is 23.5 Å². The SMILES string of the molecule is CCCCCCCCCC(=O)NCC(=O)NN=Cc1cc(Br)ccc1OC(=O)c1ccc(OC)c(OC)c1. The number of carbonyl (C=O) groups excluding carboxylic acids is 3. The predicted molar refractivity (Wildman–Crippen MR) is 150 cm³/mol. The van der Waals surface area contributed by atoms with Gasteiger partial charge in [-0.2, -0.15) is 5.10 Å². The van der Waals surface area contributed by atoms with E-state index >= 15 is 0 Å². The molecule has 0 saturated carbocycles. The fraction of sp³-hybridized carbons (Fsp3) is 0.429. The lowest BCUT2D eigenvalue weighted by atomic mass is 10.1. The molecular weight excluding hydrogens is 554 g/mol. The maximum absolute atomic E-state index is 12.7. The van der Waals surface area contributed by atoms with Crippen LogP contribution in [0.4, 0.5) is 0 Å². The largest absolute Gasteiger partial charge is 0.493 e. The van der Waals surface area contributed by atoms with Gasteiger partial charge >= 0.3 is 5.97 Å². The number of nitrogens with one attached hydrogen (secondary N) is 2. The highest BCUT2D eigenvalue weighted by atomic mass is 79.9. The monoisotopic (exact) mass is 589 g/mol. The molecule has 0 bridgehead atoms. The molecule has 0 spiro atoms. The van der Waals surface area contributed by atoms with E-state index in [0.717, 1.165) is 23.7 Å². The van der Waals surface area contributed by atoms with E-state index < -0.39 is 11.9 Å². The number of unbranched alkanes of at least 4 members (excludes halogenated alkanes) is 6. The highest BCUT2D eigenvalue weighted by Gasteiger charge is 2.15. The lowest BCUT2D eigenvalue weighted by Crippen LogP contribution is -2.34. The van der Waals surface area contributed by atoms with Crippen molar-refractivity contribution in [3.05, 3.63) is 52.0 Å². The average Bonchev–Trinajstić information content (AvgIpc) is 2.92. The molecule has 2 N–H and O–H groups in total. The van der Waals surface area contributed by atoms with Crippen molar-refractivity contribution in [2.24, 2.45) is 5.10 Å². The molecule has 0 fully saturated rings. The van der Waals surface area contributed by atoms with Gasteiger partial charge in [-0.1, -0.05) is 61.4 Å². The van der Waals surface area contributed by atoms with E-state index in [9.17, 15) is 14.4 Å². The van der Waals surface area contributed by atoms with Crippen LogP contribution < -0.4 is 25.0 Å². The molecule has 0 aliphatic rings. The first kappa shape index (κ1) is 30.8. The van der Waals surface area contributed by atoms with Crippen molar-refractivity contribution in [1.82, 2.24) is 10.7 Å². The summed E-state index contributed by atoms with van der Waals surface area (Å²) in [7, 11) is 2.99. The number of benzene rings is 2. The summed E-state index contributed by atoms with van der Waals surface area (Å²) in [5, 5.41) is 6.54. The van der Waals surface area contributed by atoms with E-state index in [1.54, 1.807) is 30.3 Å². The first-order valence-electron chi connectivity index (χ1n) is 12.7. The Morgan fingerprint density at radius 3 is 2.26 bits per heavy atom. The summed E-state index contributed by atoms with van der Waals surface area (Å²) >= 11 is 3.38. The van der Waals surface area contributed by atoms with Crippen LogP contribution in [-0.2, 0) is 9.59 Å². The highest BCUT2D eigenvalue weighted by molar-refractivity contribution is 9.10. The summed E-state index contributed by atoms with van der Waals surface area (Å²) in [6.07, 6.45) is 9.62. The van der Waals surface area contributed by atoms with E-state index in [2.05, 4.69) is 38.7 Å². The average molecular weight is 591 g/mol. The second-order valence-corrected chi connectivity index (χ2v) is 9.50. The van der Waals surface area contributed by atoms with E-state index in [4.69, 9.17) is 14.2 Å². The van der Waals surface area contributed by atoms with E-state index in [1.165, 1.54) is 52.2 Å². The molecule has 0 atom stereocenters. The summed E-state index contributed by atoms with van der Waals surface area (Å²) in [4.78, 5) is 36.8. The molecule has 9 nitrogen and oxygen atoms in total. The third kappa shape index (κ3) is 10.9. The number of hydrogen-bond donors (Lipinski definition) is 2. The van der Waals surface area contributed by atoms with Gasteiger partial charge in [0.05, 0.1) is 32.5 Å². The van der Waals surface area contributed by atoms with Crippen LogP contribution in [0, 0.1) is 0 Å². The van der Waals surface area contributed by atoms with Crippen molar-refractivity contribution in [2.45, 2.75) is 58.3 Å². The summed E-state index contributed by atoms with van der Waals surface area (Å²) in [6.45, 7) is 2.01. The van der Waals surface area contributed by atoms with Crippen molar-refractivity contribution < 1.29 is 28.6 Å². The first-order chi connectivity index (χ1) is 18.4. The molecule has 2 aromatic carbocycles. The number of ether oxygens (including phenoxy) is 3. The van der Waals surface area contributed by atoms with Crippen molar-refractivity contribution >= 4 is 39.9 Å². The zero-order valence-electron chi connectivity index (χ0n) is 22.2. The molecule has 2 aromatic rings. The van der Waals surface area contributed by atoms with Crippen LogP contribution in [0.5, 0.6) is 17.2 Å². The standard InChI is InChI=1S/C28H36BrN3O6/c1-4-5-6-7-8-9-10-11-26(33)30-19-27(34)32-31-18-21-16-22(29)13-15-23(21)38-28(35)20-12-14-24(36-2)25(17-20)37-3/h12-18H,4-11,19H2,1-3H3,(H,30,33)(H,32,34). The second-order valence-electron chi connectivity index (χ2n) is 8.58. The molecule has 2 rings (SSSR count).